The lowest BCUT2D eigenvalue weighted by atomic mass is 9.99. The van der Waals surface area contributed by atoms with E-state index in [1.54, 1.807) is 37.4 Å². The number of piperidine rings is 1. The maximum absolute atomic E-state index is 15.7. The highest BCUT2D eigenvalue weighted by Gasteiger charge is 2.29. The third-order valence-corrected chi connectivity index (χ3v) is 11.2. The van der Waals surface area contributed by atoms with Gasteiger partial charge in [-0.15, -0.1) is 0 Å². The predicted molar refractivity (Wildman–Crippen MR) is 204 cm³/mol. The summed E-state index contributed by atoms with van der Waals surface area (Å²) in [7, 11) is 0. The van der Waals surface area contributed by atoms with E-state index in [2.05, 4.69) is 32.0 Å². The lowest BCUT2D eigenvalue weighted by Crippen LogP contribution is -2.37. The number of aromatic nitrogens is 2. The number of β-amino-alcohol motifs (C(OH)–C–C–N with tert-alkyl or cyclic N) is 1. The second-order valence-electron chi connectivity index (χ2n) is 14.4. The summed E-state index contributed by atoms with van der Waals surface area (Å²) in [6, 6.07) is 15.1. The van der Waals surface area contributed by atoms with Crippen molar-refractivity contribution in [3.63, 3.8) is 0 Å². The van der Waals surface area contributed by atoms with Gasteiger partial charge in [0.2, 0.25) is 0 Å². The van der Waals surface area contributed by atoms with Crippen molar-refractivity contribution in [2.75, 3.05) is 25.0 Å². The molecule has 1 aliphatic carbocycles. The van der Waals surface area contributed by atoms with Gasteiger partial charge in [-0.2, -0.15) is 0 Å². The molecular weight excluding hydrogens is 684 g/mol. The van der Waals surface area contributed by atoms with Crippen molar-refractivity contribution < 1.29 is 14.3 Å². The van der Waals surface area contributed by atoms with Crippen LogP contribution in [0.2, 0.25) is 10.0 Å². The molecule has 2 atom stereocenters. The molecule has 2 aliphatic heterocycles. The minimum Gasteiger partial charge on any atom is -0.392 e. The highest BCUT2D eigenvalue weighted by molar-refractivity contribution is 6.39. The molecule has 10 heteroatoms. The Morgan fingerprint density at radius 2 is 1.76 bits per heavy atom. The molecule has 266 valence electrons. The van der Waals surface area contributed by atoms with E-state index in [1.807, 2.05) is 30.5 Å². The fraction of sp³-hybridized carbons (Fsp3) is 0.390. The molecule has 3 aliphatic rings. The van der Waals surface area contributed by atoms with Gasteiger partial charge in [0.05, 0.1) is 27.5 Å². The molecule has 1 saturated heterocycles. The first-order valence-corrected chi connectivity index (χ1v) is 18.8. The van der Waals surface area contributed by atoms with Gasteiger partial charge in [-0.05, 0) is 111 Å². The number of hydrogen-bond donors (Lipinski definition) is 2. The number of carbonyl (C=O) groups excluding carboxylic acids is 1. The fourth-order valence-electron chi connectivity index (χ4n) is 7.40. The van der Waals surface area contributed by atoms with Gasteiger partial charge in [0.25, 0.3) is 5.91 Å². The van der Waals surface area contributed by atoms with Crippen LogP contribution in [-0.2, 0) is 19.5 Å². The van der Waals surface area contributed by atoms with Gasteiger partial charge in [0.15, 0.2) is 0 Å². The summed E-state index contributed by atoms with van der Waals surface area (Å²) < 4.78 is 15.7. The number of nitrogens with zero attached hydrogens (tertiary/aromatic N) is 4. The number of aliphatic hydroxyl groups excluding tert-OH is 1. The highest BCUT2D eigenvalue weighted by Crippen LogP contribution is 2.43. The number of pyridine rings is 2. The van der Waals surface area contributed by atoms with E-state index in [9.17, 15) is 9.90 Å². The summed E-state index contributed by atoms with van der Waals surface area (Å²) in [6.07, 6.45) is 11.3. The molecule has 2 fully saturated rings. The van der Waals surface area contributed by atoms with Gasteiger partial charge in [0.1, 0.15) is 11.5 Å². The number of rotatable bonds is 10. The van der Waals surface area contributed by atoms with Crippen LogP contribution in [0, 0.1) is 0 Å². The summed E-state index contributed by atoms with van der Waals surface area (Å²) in [4.78, 5) is 27.3. The van der Waals surface area contributed by atoms with Crippen LogP contribution >= 0.6 is 23.2 Å². The SMILES string of the molecule is C[C@@H]1CCCCN1Cc1cnc(C(=O)Nc2cccc(-c3cccc(/C=C(\F)c4cc5c(cn4)CN(C[C@@H](C)O)CC5)c3Cl)c2Cl)cc1C1CC1. The van der Waals surface area contributed by atoms with Crippen LogP contribution in [0.3, 0.4) is 0 Å². The Kier molecular flexibility index (Phi) is 10.9. The Balaban J connectivity index is 1.09. The monoisotopic (exact) mass is 727 g/mol. The topological polar surface area (TPSA) is 81.6 Å². The molecule has 4 aromatic rings. The summed E-state index contributed by atoms with van der Waals surface area (Å²) >= 11 is 13.8. The van der Waals surface area contributed by atoms with Crippen molar-refractivity contribution in [1.82, 2.24) is 19.8 Å². The Hall–Kier alpha value is -3.66. The molecule has 7 nitrogen and oxygen atoms in total. The van der Waals surface area contributed by atoms with Crippen molar-refractivity contribution in [3.05, 3.63) is 110 Å². The zero-order valence-electron chi connectivity index (χ0n) is 29.1. The van der Waals surface area contributed by atoms with Gasteiger partial charge in [-0.1, -0.05) is 60.0 Å². The number of likely N-dealkylation sites (tertiary alicyclic amines) is 1. The number of anilines is 1. The van der Waals surface area contributed by atoms with Crippen LogP contribution in [0.4, 0.5) is 10.1 Å². The lowest BCUT2D eigenvalue weighted by Gasteiger charge is -2.33. The Morgan fingerprint density at radius 3 is 2.53 bits per heavy atom. The summed E-state index contributed by atoms with van der Waals surface area (Å²) in [5.74, 6) is -0.345. The second-order valence-corrected chi connectivity index (χ2v) is 15.1. The van der Waals surface area contributed by atoms with Crippen molar-refractivity contribution in [3.8, 4) is 11.1 Å². The average Bonchev–Trinajstić information content (AvgIpc) is 3.97. The van der Waals surface area contributed by atoms with E-state index >= 15 is 4.39 Å². The lowest BCUT2D eigenvalue weighted by molar-refractivity contribution is 0.102. The standard InChI is InChI=1S/C41H44Cl2FN5O2/c1-25-7-3-4-15-49(25)24-31-21-46-38(19-34(31)27-12-13-27)41(51)47-36-11-6-10-33(40(36)43)32-9-5-8-29(39(32)42)17-35(44)37-18-28-14-16-48(22-26(2)50)23-30(28)20-45-37/h5-6,8-11,17-21,25-27,50H,3-4,7,12-16,22-24H2,1-2H3,(H,47,51)/b35-17-/t25-,26-/m1/s1. The highest BCUT2D eigenvalue weighted by atomic mass is 35.5. The quantitative estimate of drug-likeness (QED) is 0.170. The summed E-state index contributed by atoms with van der Waals surface area (Å²) in [5, 5.41) is 13.4. The molecule has 0 unspecified atom stereocenters. The molecule has 7 rings (SSSR count). The van der Waals surface area contributed by atoms with Crippen molar-refractivity contribution in [2.24, 2.45) is 0 Å². The maximum Gasteiger partial charge on any atom is 0.274 e. The summed E-state index contributed by atoms with van der Waals surface area (Å²) in [5.41, 5.74) is 7.28. The Bertz CT molecular complexity index is 1960. The molecule has 2 N–H and O–H groups in total. The van der Waals surface area contributed by atoms with Crippen LogP contribution in [0.5, 0.6) is 0 Å². The van der Waals surface area contributed by atoms with Gasteiger partial charge in [0, 0.05) is 55.7 Å². The molecule has 1 saturated carbocycles. The molecule has 4 heterocycles. The third-order valence-electron chi connectivity index (χ3n) is 10.4. The number of halogens is 3. The molecule has 2 aromatic heterocycles. The van der Waals surface area contributed by atoms with Gasteiger partial charge in [-0.3, -0.25) is 24.6 Å². The second kappa shape index (κ2) is 15.5. The Morgan fingerprint density at radius 1 is 1.00 bits per heavy atom. The van der Waals surface area contributed by atoms with Gasteiger partial charge >= 0.3 is 0 Å². The molecular formula is C41H44Cl2FN5O2. The number of amides is 1. The van der Waals surface area contributed by atoms with E-state index in [0.29, 0.717) is 63.2 Å². The van der Waals surface area contributed by atoms with E-state index < -0.39 is 11.9 Å². The first kappa shape index (κ1) is 35.7. The van der Waals surface area contributed by atoms with E-state index in [1.165, 1.54) is 36.5 Å². The molecule has 0 bridgehead atoms. The minimum absolute atomic E-state index is 0.245. The number of carbonyl (C=O) groups is 1. The summed E-state index contributed by atoms with van der Waals surface area (Å²) in [6.45, 7) is 8.09. The first-order chi connectivity index (χ1) is 24.6. The van der Waals surface area contributed by atoms with Crippen molar-refractivity contribution in [2.45, 2.75) is 83.5 Å². The van der Waals surface area contributed by atoms with Crippen molar-refractivity contribution >= 4 is 46.7 Å². The van der Waals surface area contributed by atoms with E-state index in [-0.39, 0.29) is 11.6 Å². The smallest absolute Gasteiger partial charge is 0.274 e. The predicted octanol–water partition coefficient (Wildman–Crippen LogP) is 9.16. The number of nitrogens with one attached hydrogen (secondary N) is 1. The molecule has 1 amide bonds. The van der Waals surface area contributed by atoms with Gasteiger partial charge < -0.3 is 10.4 Å². The van der Waals surface area contributed by atoms with Crippen LogP contribution < -0.4 is 5.32 Å². The number of aliphatic hydroxyl groups is 1. The molecule has 0 radical (unpaired) electrons. The van der Waals surface area contributed by atoms with Crippen LogP contribution in [-0.4, -0.2) is 62.6 Å². The zero-order chi connectivity index (χ0) is 35.6. The van der Waals surface area contributed by atoms with Crippen LogP contribution in [0.25, 0.3) is 23.0 Å². The van der Waals surface area contributed by atoms with Crippen LogP contribution in [0.1, 0.15) is 95.9 Å². The largest absolute Gasteiger partial charge is 0.392 e. The fourth-order valence-corrected chi connectivity index (χ4v) is 7.96. The third kappa shape index (κ3) is 8.21. The van der Waals surface area contributed by atoms with E-state index in [4.69, 9.17) is 23.2 Å². The first-order valence-electron chi connectivity index (χ1n) is 18.0. The number of benzene rings is 2. The zero-order valence-corrected chi connectivity index (χ0v) is 30.7. The maximum atomic E-state index is 15.7. The van der Waals surface area contributed by atoms with Gasteiger partial charge in [-0.25, -0.2) is 4.39 Å². The number of hydrogen-bond acceptors (Lipinski definition) is 6. The van der Waals surface area contributed by atoms with Crippen molar-refractivity contribution in [1.29, 1.82) is 0 Å². The number of fused-ring (bicyclic) bond motifs is 1. The minimum atomic E-state index is -0.495. The molecule has 0 spiro atoms. The Labute approximate surface area is 309 Å². The van der Waals surface area contributed by atoms with Crippen LogP contribution in [0.15, 0.2) is 60.9 Å². The average molecular weight is 729 g/mol. The molecule has 51 heavy (non-hydrogen) atoms. The van der Waals surface area contributed by atoms with E-state index in [0.717, 1.165) is 50.0 Å². The normalized spacial score (nSPS) is 19.1. The molecule has 2 aromatic carbocycles.